The summed E-state index contributed by atoms with van der Waals surface area (Å²) in [7, 11) is 0. The molecule has 2 aromatic rings. The van der Waals surface area contributed by atoms with E-state index < -0.39 is 0 Å². The first-order valence-electron chi connectivity index (χ1n) is 4.42. The van der Waals surface area contributed by atoms with E-state index in [1.54, 1.807) is 0 Å². The van der Waals surface area contributed by atoms with Gasteiger partial charge in [0.2, 0.25) is 0 Å². The van der Waals surface area contributed by atoms with E-state index in [2.05, 4.69) is 21.1 Å². The molecule has 3 nitrogen and oxygen atoms in total. The van der Waals surface area contributed by atoms with E-state index in [9.17, 15) is 0 Å². The van der Waals surface area contributed by atoms with Crippen molar-refractivity contribution in [3.63, 3.8) is 0 Å². The van der Waals surface area contributed by atoms with Gasteiger partial charge in [0.1, 0.15) is 0 Å². The summed E-state index contributed by atoms with van der Waals surface area (Å²) < 4.78 is 2.97. The molecule has 0 atom stereocenters. The maximum absolute atomic E-state index is 8.50. The van der Waals surface area contributed by atoms with Crippen LogP contribution in [0.15, 0.2) is 52.2 Å². The number of rotatable bonds is 2. The lowest BCUT2D eigenvalue weighted by molar-refractivity contribution is 0.321. The zero-order chi connectivity index (χ0) is 10.7. The first-order valence-corrected chi connectivity index (χ1v) is 5.21. The van der Waals surface area contributed by atoms with Crippen molar-refractivity contribution in [2.24, 2.45) is 5.16 Å². The lowest BCUT2D eigenvalue weighted by Crippen LogP contribution is -1.97. The monoisotopic (exact) mass is 264 g/mol. The van der Waals surface area contributed by atoms with Gasteiger partial charge in [0.05, 0.1) is 11.9 Å². The van der Waals surface area contributed by atoms with Crippen LogP contribution in [0.5, 0.6) is 0 Å². The summed E-state index contributed by atoms with van der Waals surface area (Å²) in [6.45, 7) is 0. The van der Waals surface area contributed by atoms with Crippen molar-refractivity contribution in [2.75, 3.05) is 0 Å². The third-order valence-electron chi connectivity index (χ3n) is 2.08. The van der Waals surface area contributed by atoms with Crippen LogP contribution in [0.25, 0.3) is 5.69 Å². The van der Waals surface area contributed by atoms with Gasteiger partial charge in [-0.1, -0.05) is 21.1 Å². The Balaban J connectivity index is 2.44. The minimum atomic E-state index is 0.833. The molecule has 1 heterocycles. The van der Waals surface area contributed by atoms with Gasteiger partial charge in [-0.15, -0.1) is 0 Å². The molecule has 0 amide bonds. The highest BCUT2D eigenvalue weighted by Crippen LogP contribution is 2.15. The average Bonchev–Trinajstić information content (AvgIpc) is 2.68. The Morgan fingerprint density at radius 2 is 1.93 bits per heavy atom. The second kappa shape index (κ2) is 4.31. The van der Waals surface area contributed by atoms with Gasteiger partial charge in [-0.2, -0.15) is 0 Å². The second-order valence-electron chi connectivity index (χ2n) is 3.02. The molecule has 15 heavy (non-hydrogen) atoms. The van der Waals surface area contributed by atoms with Gasteiger partial charge in [-0.05, 0) is 36.4 Å². The Labute approximate surface area is 95.8 Å². The summed E-state index contributed by atoms with van der Waals surface area (Å²) in [6, 6.07) is 11.7. The van der Waals surface area contributed by atoms with Crippen molar-refractivity contribution in [1.82, 2.24) is 4.57 Å². The standard InChI is InChI=1S/C11H9BrN2O/c12-9-3-5-10(6-4-9)14-7-1-2-11(14)8-13-15/h1-8,15H/b13-8-. The number of nitrogens with zero attached hydrogens (tertiary/aromatic N) is 2. The van der Waals surface area contributed by atoms with Crippen LogP contribution >= 0.6 is 15.9 Å². The first kappa shape index (κ1) is 9.98. The summed E-state index contributed by atoms with van der Waals surface area (Å²) in [5, 5.41) is 11.5. The molecule has 0 saturated carbocycles. The Morgan fingerprint density at radius 1 is 1.20 bits per heavy atom. The van der Waals surface area contributed by atoms with Crippen LogP contribution in [0.3, 0.4) is 0 Å². The van der Waals surface area contributed by atoms with Gasteiger partial charge < -0.3 is 9.77 Å². The predicted octanol–water partition coefficient (Wildman–Crippen LogP) is 3.05. The highest BCUT2D eigenvalue weighted by atomic mass is 79.9. The smallest absolute Gasteiger partial charge is 0.0901 e. The number of hydrogen-bond donors (Lipinski definition) is 1. The largest absolute Gasteiger partial charge is 0.411 e. The van der Waals surface area contributed by atoms with Crippen LogP contribution in [0.2, 0.25) is 0 Å². The number of halogens is 1. The zero-order valence-electron chi connectivity index (χ0n) is 7.84. The Bertz CT molecular complexity index is 474. The molecule has 0 bridgehead atoms. The van der Waals surface area contributed by atoms with Gasteiger partial charge in [0.15, 0.2) is 0 Å². The van der Waals surface area contributed by atoms with Crippen molar-refractivity contribution < 1.29 is 5.21 Å². The Hall–Kier alpha value is -1.55. The molecule has 0 aliphatic heterocycles. The van der Waals surface area contributed by atoms with E-state index in [-0.39, 0.29) is 0 Å². The SMILES string of the molecule is O/N=C\c1cccn1-c1ccc(Br)cc1. The van der Waals surface area contributed by atoms with E-state index in [1.165, 1.54) is 6.21 Å². The summed E-state index contributed by atoms with van der Waals surface area (Å²) in [5.74, 6) is 0. The summed E-state index contributed by atoms with van der Waals surface area (Å²) in [5.41, 5.74) is 1.86. The second-order valence-corrected chi connectivity index (χ2v) is 3.94. The predicted molar refractivity (Wildman–Crippen MR) is 62.8 cm³/mol. The fourth-order valence-electron chi connectivity index (χ4n) is 1.40. The lowest BCUT2D eigenvalue weighted by atomic mass is 10.3. The quantitative estimate of drug-likeness (QED) is 0.505. The maximum Gasteiger partial charge on any atom is 0.0901 e. The van der Waals surface area contributed by atoms with Gasteiger partial charge in [0, 0.05) is 16.4 Å². The third-order valence-corrected chi connectivity index (χ3v) is 2.60. The molecule has 0 aliphatic carbocycles. The van der Waals surface area contributed by atoms with Gasteiger partial charge in [-0.25, -0.2) is 0 Å². The molecule has 0 unspecified atom stereocenters. The number of hydrogen-bond acceptors (Lipinski definition) is 2. The fourth-order valence-corrected chi connectivity index (χ4v) is 1.66. The van der Waals surface area contributed by atoms with Gasteiger partial charge in [0.25, 0.3) is 0 Å². The van der Waals surface area contributed by atoms with Crippen LogP contribution in [-0.2, 0) is 0 Å². The molecule has 0 radical (unpaired) electrons. The Morgan fingerprint density at radius 3 is 2.60 bits per heavy atom. The van der Waals surface area contributed by atoms with E-state index in [0.717, 1.165) is 15.9 Å². The summed E-state index contributed by atoms with van der Waals surface area (Å²) in [4.78, 5) is 0. The van der Waals surface area contributed by atoms with Gasteiger partial charge >= 0.3 is 0 Å². The molecule has 0 fully saturated rings. The molecule has 1 aromatic carbocycles. The summed E-state index contributed by atoms with van der Waals surface area (Å²) in [6.07, 6.45) is 3.32. The molecular weight excluding hydrogens is 256 g/mol. The highest BCUT2D eigenvalue weighted by Gasteiger charge is 2.00. The number of oxime groups is 1. The normalized spacial score (nSPS) is 11.0. The molecule has 0 aliphatic rings. The topological polar surface area (TPSA) is 37.5 Å². The minimum Gasteiger partial charge on any atom is -0.411 e. The molecule has 2 rings (SSSR count). The number of aromatic nitrogens is 1. The molecule has 1 N–H and O–H groups in total. The molecule has 4 heteroatoms. The molecule has 0 spiro atoms. The van der Waals surface area contributed by atoms with Crippen LogP contribution < -0.4 is 0 Å². The van der Waals surface area contributed by atoms with Crippen LogP contribution in [0.4, 0.5) is 0 Å². The van der Waals surface area contributed by atoms with E-state index >= 15 is 0 Å². The van der Waals surface area contributed by atoms with Crippen molar-refractivity contribution in [3.8, 4) is 5.69 Å². The summed E-state index contributed by atoms with van der Waals surface area (Å²) >= 11 is 3.38. The highest BCUT2D eigenvalue weighted by molar-refractivity contribution is 9.10. The average molecular weight is 265 g/mol. The van der Waals surface area contributed by atoms with Crippen molar-refractivity contribution in [3.05, 3.63) is 52.8 Å². The fraction of sp³-hybridized carbons (Fsp3) is 0. The Kier molecular flexibility index (Phi) is 2.87. The lowest BCUT2D eigenvalue weighted by Gasteiger charge is -2.05. The van der Waals surface area contributed by atoms with Gasteiger partial charge in [-0.3, -0.25) is 0 Å². The van der Waals surface area contributed by atoms with E-state index in [1.807, 2.05) is 47.2 Å². The zero-order valence-corrected chi connectivity index (χ0v) is 9.42. The van der Waals surface area contributed by atoms with Crippen LogP contribution in [0.1, 0.15) is 5.69 Å². The molecule has 1 aromatic heterocycles. The third kappa shape index (κ3) is 2.10. The van der Waals surface area contributed by atoms with Crippen molar-refractivity contribution >= 4 is 22.1 Å². The minimum absolute atomic E-state index is 0.833. The van der Waals surface area contributed by atoms with Crippen molar-refractivity contribution in [1.29, 1.82) is 0 Å². The van der Waals surface area contributed by atoms with Crippen LogP contribution in [0, 0.1) is 0 Å². The van der Waals surface area contributed by atoms with E-state index in [0.29, 0.717) is 0 Å². The van der Waals surface area contributed by atoms with Crippen molar-refractivity contribution in [2.45, 2.75) is 0 Å². The maximum atomic E-state index is 8.50. The molecule has 76 valence electrons. The molecule has 0 saturated heterocycles. The van der Waals surface area contributed by atoms with E-state index in [4.69, 9.17) is 5.21 Å². The van der Waals surface area contributed by atoms with Crippen LogP contribution in [-0.4, -0.2) is 16.0 Å². The first-order chi connectivity index (χ1) is 7.31. The molecular formula is C11H9BrN2O. The number of benzene rings is 1.